The number of aliphatic imine (C=N–C) groups is 1. The van der Waals surface area contributed by atoms with Crippen molar-refractivity contribution in [3.63, 3.8) is 0 Å². The lowest BCUT2D eigenvalue weighted by atomic mass is 10.3. The Bertz CT molecular complexity index is 1040. The number of nitrogens with zero attached hydrogens (tertiary/aromatic N) is 1. The molecule has 2 N–H and O–H groups in total. The van der Waals surface area contributed by atoms with Gasteiger partial charge in [-0.25, -0.2) is 9.79 Å². The van der Waals surface area contributed by atoms with E-state index in [4.69, 9.17) is 22.7 Å². The number of thiocarbonyl (C=S) groups is 1. The highest BCUT2D eigenvalue weighted by Gasteiger charge is 2.35. The number of ether oxygens (including phenoxy) is 1. The predicted octanol–water partition coefficient (Wildman–Crippen LogP) is 3.42. The van der Waals surface area contributed by atoms with E-state index in [-0.39, 0.29) is 11.7 Å². The molecule has 0 aliphatic heterocycles. The summed E-state index contributed by atoms with van der Waals surface area (Å²) >= 11 is 5.05. The molecule has 4 nitrogen and oxygen atoms in total. The van der Waals surface area contributed by atoms with Crippen molar-refractivity contribution >= 4 is 57.1 Å². The van der Waals surface area contributed by atoms with Gasteiger partial charge in [0.1, 0.15) is 0 Å². The Balaban J connectivity index is 2.66. The fourth-order valence-electron chi connectivity index (χ4n) is 3.73. The molecule has 0 aliphatic rings. The highest BCUT2D eigenvalue weighted by molar-refractivity contribution is 7.97. The van der Waals surface area contributed by atoms with Crippen LogP contribution in [0.1, 0.15) is 13.8 Å². The lowest BCUT2D eigenvalue weighted by Gasteiger charge is -2.32. The van der Waals surface area contributed by atoms with Crippen LogP contribution < -0.4 is 21.6 Å². The van der Waals surface area contributed by atoms with Crippen molar-refractivity contribution in [1.82, 2.24) is 0 Å². The third kappa shape index (κ3) is 4.68. The first-order chi connectivity index (χ1) is 15.0. The van der Waals surface area contributed by atoms with Gasteiger partial charge in [0, 0.05) is 0 Å². The van der Waals surface area contributed by atoms with E-state index in [0.717, 1.165) is 15.9 Å². The maximum absolute atomic E-state index is 13.5. The molecule has 0 aromatic heterocycles. The molecule has 6 heteroatoms. The largest absolute Gasteiger partial charge is 0.462 e. The van der Waals surface area contributed by atoms with Crippen molar-refractivity contribution in [2.45, 2.75) is 13.8 Å². The summed E-state index contributed by atoms with van der Waals surface area (Å²) in [5.41, 5.74) is 6.22. The van der Waals surface area contributed by atoms with Gasteiger partial charge in [-0.1, -0.05) is 91.0 Å². The summed E-state index contributed by atoms with van der Waals surface area (Å²) in [6, 6.07) is 30.1. The molecule has 158 valence electrons. The number of carbonyl (C=O) groups excluding carboxylic acids is 1. The first-order valence-electron chi connectivity index (χ1n) is 9.97. The molecule has 3 aromatic rings. The second kappa shape index (κ2) is 10.3. The van der Waals surface area contributed by atoms with Crippen LogP contribution in [0.15, 0.2) is 96.0 Å². The normalized spacial score (nSPS) is 11.6. The third-order valence-electron chi connectivity index (χ3n) is 4.86. The highest BCUT2D eigenvalue weighted by atomic mass is 32.1. The van der Waals surface area contributed by atoms with E-state index in [1.807, 2.05) is 54.6 Å². The third-order valence-corrected chi connectivity index (χ3v) is 9.34. The zero-order chi connectivity index (χ0) is 22.3. The molecule has 0 saturated carbocycles. The van der Waals surface area contributed by atoms with Gasteiger partial charge in [0.2, 0.25) is 0 Å². The van der Waals surface area contributed by atoms with Gasteiger partial charge in [0.25, 0.3) is 0 Å². The number of benzene rings is 3. The number of carbonyl (C=O) groups is 1. The Morgan fingerprint density at radius 3 is 1.58 bits per heavy atom. The molecule has 0 heterocycles. The van der Waals surface area contributed by atoms with Gasteiger partial charge in [-0.2, -0.15) is 0 Å². The number of rotatable bonds is 6. The maximum Gasteiger partial charge on any atom is 0.341 e. The predicted molar refractivity (Wildman–Crippen MR) is 137 cm³/mol. The second-order valence-corrected chi connectivity index (χ2v) is 10.5. The summed E-state index contributed by atoms with van der Waals surface area (Å²) in [6.45, 7) is 1.15. The Morgan fingerprint density at radius 1 is 0.871 bits per heavy atom. The van der Waals surface area contributed by atoms with Gasteiger partial charge in [-0.15, -0.1) is 0 Å². The minimum absolute atomic E-state index is 0.0217. The second-order valence-electron chi connectivity index (χ2n) is 6.78. The van der Waals surface area contributed by atoms with Crippen LogP contribution >= 0.6 is 19.1 Å². The monoisotopic (exact) mass is 448 g/mol. The Morgan fingerprint density at radius 2 is 1.26 bits per heavy atom. The van der Waals surface area contributed by atoms with Crippen LogP contribution in [0.2, 0.25) is 0 Å². The Labute approximate surface area is 188 Å². The van der Waals surface area contributed by atoms with Crippen molar-refractivity contribution in [3.05, 3.63) is 91.0 Å². The van der Waals surface area contributed by atoms with Crippen molar-refractivity contribution in [1.29, 1.82) is 0 Å². The van der Waals surface area contributed by atoms with Crippen LogP contribution in [0.4, 0.5) is 0 Å². The zero-order valence-corrected chi connectivity index (χ0v) is 19.3. The Hall–Kier alpha value is -3.01. The Kier molecular flexibility index (Phi) is 7.56. The molecule has 0 saturated heterocycles. The summed E-state index contributed by atoms with van der Waals surface area (Å²) in [4.78, 5) is 17.9. The lowest BCUT2D eigenvalue weighted by Crippen LogP contribution is -2.38. The van der Waals surface area contributed by atoms with Gasteiger partial charge in [0.15, 0.2) is 5.11 Å². The van der Waals surface area contributed by atoms with Crippen molar-refractivity contribution < 1.29 is 9.53 Å². The molecule has 31 heavy (non-hydrogen) atoms. The number of nitrogens with two attached hydrogens (primary N) is 1. The topological polar surface area (TPSA) is 64.7 Å². The van der Waals surface area contributed by atoms with Gasteiger partial charge < -0.3 is 10.5 Å². The molecule has 0 aliphatic carbocycles. The van der Waals surface area contributed by atoms with E-state index in [2.05, 4.69) is 41.4 Å². The van der Waals surface area contributed by atoms with Crippen LogP contribution in [0.3, 0.4) is 0 Å². The van der Waals surface area contributed by atoms with Crippen LogP contribution in [0.5, 0.6) is 0 Å². The summed E-state index contributed by atoms with van der Waals surface area (Å²) in [7, 11) is 0. The van der Waals surface area contributed by atoms with E-state index in [9.17, 15) is 4.79 Å². The van der Waals surface area contributed by atoms with E-state index in [1.165, 1.54) is 0 Å². The number of hydrogen-bond donors (Lipinski definition) is 1. The summed E-state index contributed by atoms with van der Waals surface area (Å²) in [5.74, 6) is -0.412. The first-order valence-corrected chi connectivity index (χ1v) is 12.2. The average Bonchev–Trinajstić information content (AvgIpc) is 2.78. The molecule has 0 radical (unpaired) electrons. The fourth-order valence-corrected chi connectivity index (χ4v) is 8.27. The molecular weight excluding hydrogens is 423 g/mol. The molecule has 0 spiro atoms. The van der Waals surface area contributed by atoms with Crippen molar-refractivity contribution in [2.75, 3.05) is 6.61 Å². The van der Waals surface area contributed by atoms with Crippen LogP contribution in [0, 0.1) is 0 Å². The van der Waals surface area contributed by atoms with Gasteiger partial charge in [-0.05, 0) is 48.9 Å². The summed E-state index contributed by atoms with van der Waals surface area (Å²) in [6.07, 6.45) is 0. The molecule has 0 amide bonds. The molecule has 0 atom stereocenters. The van der Waals surface area contributed by atoms with E-state index in [0.29, 0.717) is 11.0 Å². The lowest BCUT2D eigenvalue weighted by molar-refractivity contribution is -0.134. The number of esters is 1. The van der Waals surface area contributed by atoms with Crippen molar-refractivity contribution in [3.8, 4) is 0 Å². The fraction of sp³-hybridized carbons (Fsp3) is 0.120. The van der Waals surface area contributed by atoms with Gasteiger partial charge in [-0.3, -0.25) is 0 Å². The SMILES string of the molecule is CCOC(=O)C(/C(C)=N/C(N)=S)=P(c1ccccc1)(c1ccccc1)c1ccccc1. The van der Waals surface area contributed by atoms with Crippen LogP contribution in [-0.2, 0) is 9.53 Å². The summed E-state index contributed by atoms with van der Waals surface area (Å²) < 4.78 is 5.56. The quantitative estimate of drug-likeness (QED) is 0.272. The highest BCUT2D eigenvalue weighted by Crippen LogP contribution is 2.46. The molecule has 0 fully saturated rings. The van der Waals surface area contributed by atoms with Gasteiger partial charge in [0.05, 0.1) is 17.6 Å². The summed E-state index contributed by atoms with van der Waals surface area (Å²) in [5, 5.41) is 3.53. The van der Waals surface area contributed by atoms with E-state index < -0.39 is 12.9 Å². The molecule has 3 rings (SSSR count). The van der Waals surface area contributed by atoms with E-state index in [1.54, 1.807) is 13.8 Å². The van der Waals surface area contributed by atoms with Crippen LogP contribution in [0.25, 0.3) is 0 Å². The average molecular weight is 449 g/mol. The number of hydrogen-bond acceptors (Lipinski definition) is 3. The first kappa shape index (κ1) is 22.7. The maximum atomic E-state index is 13.5. The minimum Gasteiger partial charge on any atom is -0.462 e. The minimum atomic E-state index is -2.67. The standard InChI is InChI=1S/C25H25N2O2PS/c1-3-29-24(28)23(19(2)27-25(26)31)30(20-13-7-4-8-14-20,21-15-9-5-10-16-21)22-17-11-6-12-18-22/h4-18H,3H2,1-2H3,(H2,26,31)/b27-19+. The van der Waals surface area contributed by atoms with E-state index >= 15 is 0 Å². The smallest absolute Gasteiger partial charge is 0.341 e. The van der Waals surface area contributed by atoms with Crippen molar-refractivity contribution in [2.24, 2.45) is 10.7 Å². The molecule has 3 aromatic carbocycles. The van der Waals surface area contributed by atoms with Crippen LogP contribution in [-0.4, -0.2) is 28.7 Å². The molecule has 0 bridgehead atoms. The zero-order valence-electron chi connectivity index (χ0n) is 17.6. The molecule has 0 unspecified atom stereocenters. The van der Waals surface area contributed by atoms with Gasteiger partial charge >= 0.3 is 5.97 Å². The molecular formula is C25H25N2O2PS.